The highest BCUT2D eigenvalue weighted by Crippen LogP contribution is 2.48. The number of piperidine rings is 1. The Hall–Kier alpha value is -6.05. The van der Waals surface area contributed by atoms with E-state index in [-0.39, 0.29) is 30.6 Å². The number of nitrogens with one attached hydrogen (secondary N) is 1. The molecule has 0 radical (unpaired) electrons. The van der Waals surface area contributed by atoms with Crippen molar-refractivity contribution >= 4 is 34.4 Å². The first kappa shape index (κ1) is 34.1. The van der Waals surface area contributed by atoms with Gasteiger partial charge in [-0.25, -0.2) is 4.79 Å². The predicted molar refractivity (Wildman–Crippen MR) is 191 cm³/mol. The zero-order chi connectivity index (χ0) is 37.5. The minimum absolute atomic E-state index is 0.00925. The average molecular weight is 724 g/mol. The lowest BCUT2D eigenvalue weighted by molar-refractivity contribution is -0.141. The number of nitrogens with zero attached hydrogens (tertiary/aromatic N) is 4. The van der Waals surface area contributed by atoms with Crippen LogP contribution in [0.15, 0.2) is 64.3 Å². The van der Waals surface area contributed by atoms with Gasteiger partial charge in [0.15, 0.2) is 0 Å². The normalized spacial score (nSPS) is 17.7. The minimum atomic E-state index is -3.88. The molecule has 2 aromatic heterocycles. The molecule has 4 heterocycles. The fraction of sp³-hybridized carbons (Fsp3) is 0.308. The van der Waals surface area contributed by atoms with Crippen molar-refractivity contribution in [1.82, 2.24) is 19.0 Å². The number of ether oxygens (including phenoxy) is 2. The zero-order valence-corrected chi connectivity index (χ0v) is 29.4. The molecule has 53 heavy (non-hydrogen) atoms. The van der Waals surface area contributed by atoms with Crippen LogP contribution < -0.4 is 30.9 Å². The molecule has 5 aromatic rings. The molecule has 1 saturated heterocycles. The monoisotopic (exact) mass is 723 g/mol. The van der Waals surface area contributed by atoms with Crippen molar-refractivity contribution < 1.29 is 32.6 Å². The Bertz CT molecular complexity index is 2520. The van der Waals surface area contributed by atoms with Gasteiger partial charge in [0.05, 0.1) is 48.6 Å². The van der Waals surface area contributed by atoms with E-state index in [0.717, 1.165) is 40.0 Å². The molecule has 14 heteroatoms. The smallest absolute Gasteiger partial charge is 0.352 e. The van der Waals surface area contributed by atoms with Crippen molar-refractivity contribution in [2.45, 2.75) is 50.6 Å². The van der Waals surface area contributed by atoms with Crippen LogP contribution in [0.3, 0.4) is 0 Å². The number of carbonyl (C=O) groups is 3. The van der Waals surface area contributed by atoms with Gasteiger partial charge in [-0.15, -0.1) is 0 Å². The Morgan fingerprint density at radius 2 is 1.58 bits per heavy atom. The second-order valence-corrected chi connectivity index (χ2v) is 13.7. The standard InChI is InChI=1S/C39H35F2N5O7/c1-43-18-25(23-8-5-9-24(23)36(43)49)21-16-31(52-3)26(32(17-21)53-4)19-45-28-12-11-20(15-27(28)39(40,41)37(45)50)22-7-6-10-29-34(22)44(2)38(51)46(29)30-13-14-33(47)42-35(30)48/h6-7,10-12,15-18,30H,5,8-9,13-14,19H2,1-4H3,(H,42,47,48). The number of para-hydroxylation sites is 1. The van der Waals surface area contributed by atoms with E-state index in [0.29, 0.717) is 45.6 Å². The summed E-state index contributed by atoms with van der Waals surface area (Å²) >= 11 is 0. The van der Waals surface area contributed by atoms with E-state index < -0.39 is 40.9 Å². The second-order valence-electron chi connectivity index (χ2n) is 13.7. The zero-order valence-electron chi connectivity index (χ0n) is 29.4. The van der Waals surface area contributed by atoms with Crippen molar-refractivity contribution in [2.24, 2.45) is 14.1 Å². The van der Waals surface area contributed by atoms with Gasteiger partial charge in [-0.3, -0.25) is 33.6 Å². The number of anilines is 1. The third-order valence-electron chi connectivity index (χ3n) is 10.8. The highest BCUT2D eigenvalue weighted by molar-refractivity contribution is 6.07. The molecule has 3 aromatic carbocycles. The summed E-state index contributed by atoms with van der Waals surface area (Å²) in [6, 6.07) is 12.0. The van der Waals surface area contributed by atoms with Crippen LogP contribution in [0.1, 0.15) is 47.6 Å². The molecule has 1 unspecified atom stereocenters. The van der Waals surface area contributed by atoms with E-state index in [4.69, 9.17) is 9.47 Å². The van der Waals surface area contributed by atoms with Gasteiger partial charge in [0.2, 0.25) is 11.8 Å². The van der Waals surface area contributed by atoms with Gasteiger partial charge in [0.1, 0.15) is 17.5 Å². The first-order valence-corrected chi connectivity index (χ1v) is 17.2. The quantitative estimate of drug-likeness (QED) is 0.245. The molecule has 0 bridgehead atoms. The number of hydrogen-bond donors (Lipinski definition) is 1. The summed E-state index contributed by atoms with van der Waals surface area (Å²) in [6.07, 6.45) is 4.30. The number of aryl methyl sites for hydroxylation is 2. The number of carbonyl (C=O) groups excluding carboxylic acids is 3. The number of rotatable bonds is 7. The van der Waals surface area contributed by atoms with Crippen molar-refractivity contribution in [3.8, 4) is 33.8 Å². The molecule has 3 aliphatic rings. The summed E-state index contributed by atoms with van der Waals surface area (Å²) in [5.41, 5.74) is 4.29. The van der Waals surface area contributed by atoms with Crippen molar-refractivity contribution in [3.05, 3.63) is 97.8 Å². The molecule has 272 valence electrons. The van der Waals surface area contributed by atoms with Crippen molar-refractivity contribution in [2.75, 3.05) is 19.1 Å². The van der Waals surface area contributed by atoms with Gasteiger partial charge in [0, 0.05) is 43.4 Å². The van der Waals surface area contributed by atoms with Crippen LogP contribution in [-0.2, 0) is 53.8 Å². The fourth-order valence-corrected chi connectivity index (χ4v) is 8.16. The number of amides is 3. The molecule has 1 fully saturated rings. The molecule has 0 saturated carbocycles. The third kappa shape index (κ3) is 5.10. The lowest BCUT2D eigenvalue weighted by atomic mass is 9.97. The van der Waals surface area contributed by atoms with Gasteiger partial charge in [-0.1, -0.05) is 18.2 Å². The number of fused-ring (bicyclic) bond motifs is 3. The van der Waals surface area contributed by atoms with E-state index >= 15 is 8.78 Å². The van der Waals surface area contributed by atoms with Crippen LogP contribution in [0, 0.1) is 0 Å². The summed E-state index contributed by atoms with van der Waals surface area (Å²) in [5, 5.41) is 2.28. The first-order valence-electron chi connectivity index (χ1n) is 17.2. The van der Waals surface area contributed by atoms with E-state index in [1.807, 2.05) is 0 Å². The highest BCUT2D eigenvalue weighted by atomic mass is 19.3. The Labute approximate surface area is 301 Å². The van der Waals surface area contributed by atoms with Crippen LogP contribution in [-0.4, -0.2) is 45.6 Å². The second kappa shape index (κ2) is 12.3. The summed E-state index contributed by atoms with van der Waals surface area (Å²) in [5.74, 6) is -5.64. The van der Waals surface area contributed by atoms with Gasteiger partial charge < -0.3 is 18.9 Å². The molecule has 0 spiro atoms. The number of alkyl halides is 2. The van der Waals surface area contributed by atoms with E-state index in [1.54, 1.807) is 54.2 Å². The highest BCUT2D eigenvalue weighted by Gasteiger charge is 2.53. The third-order valence-corrected chi connectivity index (χ3v) is 10.8. The Kier molecular flexibility index (Phi) is 7.89. The predicted octanol–water partition coefficient (Wildman–Crippen LogP) is 4.49. The Balaban J connectivity index is 1.19. The molecule has 1 atom stereocenters. The first-order chi connectivity index (χ1) is 25.3. The van der Waals surface area contributed by atoms with Crippen LogP contribution in [0.2, 0.25) is 0 Å². The number of imide groups is 1. The van der Waals surface area contributed by atoms with Gasteiger partial charge in [-0.05, 0) is 72.7 Å². The summed E-state index contributed by atoms with van der Waals surface area (Å²) in [7, 11) is 6.14. The number of methoxy groups -OCH3 is 2. The Morgan fingerprint density at radius 3 is 2.28 bits per heavy atom. The summed E-state index contributed by atoms with van der Waals surface area (Å²) < 4.78 is 47.7. The summed E-state index contributed by atoms with van der Waals surface area (Å²) in [6.45, 7) is -0.280. The number of imidazole rings is 1. The molecular weight excluding hydrogens is 688 g/mol. The molecule has 1 N–H and O–H groups in total. The molecule has 3 amide bonds. The van der Waals surface area contributed by atoms with Crippen LogP contribution >= 0.6 is 0 Å². The topological polar surface area (TPSA) is 134 Å². The molecule has 2 aliphatic heterocycles. The average Bonchev–Trinajstić information content (AvgIpc) is 3.79. The van der Waals surface area contributed by atoms with E-state index in [9.17, 15) is 24.0 Å². The van der Waals surface area contributed by atoms with Gasteiger partial charge in [0.25, 0.3) is 5.56 Å². The SMILES string of the molecule is COc1cc(-c2cn(C)c(=O)c3c2CCC3)cc(OC)c1CN1C(=O)C(F)(F)c2cc(-c3cccc4c3n(C)c(=O)n4C3CCC(=O)NC3=O)ccc21. The summed E-state index contributed by atoms with van der Waals surface area (Å²) in [4.78, 5) is 65.3. The number of halogens is 2. The van der Waals surface area contributed by atoms with E-state index in [2.05, 4.69) is 5.32 Å². The molecule has 12 nitrogen and oxygen atoms in total. The van der Waals surface area contributed by atoms with Gasteiger partial charge >= 0.3 is 17.5 Å². The van der Waals surface area contributed by atoms with E-state index in [1.165, 1.54) is 42.5 Å². The fourth-order valence-electron chi connectivity index (χ4n) is 8.16. The lowest BCUT2D eigenvalue weighted by Gasteiger charge is -2.22. The number of aromatic nitrogens is 3. The van der Waals surface area contributed by atoms with Crippen LogP contribution in [0.25, 0.3) is 33.3 Å². The minimum Gasteiger partial charge on any atom is -0.496 e. The van der Waals surface area contributed by atoms with Crippen LogP contribution in [0.5, 0.6) is 11.5 Å². The van der Waals surface area contributed by atoms with Crippen LogP contribution in [0.4, 0.5) is 14.5 Å². The maximum atomic E-state index is 16.0. The maximum Gasteiger partial charge on any atom is 0.352 e. The van der Waals surface area contributed by atoms with Crippen molar-refractivity contribution in [3.63, 3.8) is 0 Å². The van der Waals surface area contributed by atoms with Gasteiger partial charge in [-0.2, -0.15) is 8.78 Å². The number of hydrogen-bond acceptors (Lipinski definition) is 7. The number of pyridine rings is 1. The maximum absolute atomic E-state index is 16.0. The molecule has 8 rings (SSSR count). The Morgan fingerprint density at radius 1 is 0.868 bits per heavy atom. The largest absolute Gasteiger partial charge is 0.496 e. The molecule has 1 aliphatic carbocycles. The van der Waals surface area contributed by atoms with Crippen molar-refractivity contribution in [1.29, 1.82) is 0 Å². The number of benzene rings is 3. The lowest BCUT2D eigenvalue weighted by Crippen LogP contribution is -2.44. The molecular formula is C39H35F2N5O7.